The van der Waals surface area contributed by atoms with Gasteiger partial charge >= 0.3 is 0 Å². The average Bonchev–Trinajstić information content (AvgIpc) is 2.58. The summed E-state index contributed by atoms with van der Waals surface area (Å²) in [5.74, 6) is 0. The van der Waals surface area contributed by atoms with E-state index in [0.717, 1.165) is 6.54 Å². The molecule has 1 atom stereocenters. The topological polar surface area (TPSA) is 37.2 Å². The molecule has 2 N–H and O–H groups in total. The van der Waals surface area contributed by atoms with Gasteiger partial charge in [-0.15, -0.1) is 0 Å². The van der Waals surface area contributed by atoms with Crippen molar-refractivity contribution in [3.05, 3.63) is 23.5 Å². The molecule has 3 heteroatoms. The minimum Gasteiger partial charge on any atom is -0.395 e. The summed E-state index contributed by atoms with van der Waals surface area (Å²) in [6, 6.07) is 0.516. The van der Waals surface area contributed by atoms with Crippen molar-refractivity contribution in [2.24, 2.45) is 0 Å². The van der Waals surface area contributed by atoms with E-state index >= 15 is 0 Å². The van der Waals surface area contributed by atoms with E-state index < -0.39 is 0 Å². The summed E-state index contributed by atoms with van der Waals surface area (Å²) in [5, 5.41) is 12.5. The van der Waals surface area contributed by atoms with Crippen molar-refractivity contribution in [2.45, 2.75) is 45.2 Å². The smallest absolute Gasteiger partial charge is 0.0610 e. The van der Waals surface area contributed by atoms with E-state index in [9.17, 15) is 0 Å². The van der Waals surface area contributed by atoms with Crippen LogP contribution in [0.25, 0.3) is 0 Å². The van der Waals surface area contributed by atoms with E-state index in [2.05, 4.69) is 29.2 Å². The molecule has 1 unspecified atom stereocenters. The molecule has 0 radical (unpaired) electrons. The van der Waals surface area contributed by atoms with E-state index in [1.165, 1.54) is 36.8 Å². The second kappa shape index (κ2) is 5.51. The third-order valence-corrected chi connectivity index (χ3v) is 3.37. The first-order valence-electron chi connectivity index (χ1n) is 6.38. The van der Waals surface area contributed by atoms with Crippen molar-refractivity contribution in [3.8, 4) is 0 Å². The molecule has 0 aliphatic heterocycles. The average molecular weight is 222 g/mol. The van der Waals surface area contributed by atoms with Gasteiger partial charge < -0.3 is 15.0 Å². The molecule has 0 fully saturated rings. The second-order valence-corrected chi connectivity index (χ2v) is 4.56. The lowest BCUT2D eigenvalue weighted by Gasteiger charge is -2.15. The third kappa shape index (κ3) is 2.47. The zero-order valence-corrected chi connectivity index (χ0v) is 10.1. The minimum atomic E-state index is 0.222. The van der Waals surface area contributed by atoms with Crippen molar-refractivity contribution >= 4 is 0 Å². The summed E-state index contributed by atoms with van der Waals surface area (Å²) in [7, 11) is 0. The Labute approximate surface area is 97.5 Å². The molecular weight excluding hydrogens is 200 g/mol. The van der Waals surface area contributed by atoms with Crippen molar-refractivity contribution in [3.63, 3.8) is 0 Å². The molecule has 1 aliphatic carbocycles. The van der Waals surface area contributed by atoms with Crippen LogP contribution in [0, 0.1) is 0 Å². The second-order valence-electron chi connectivity index (χ2n) is 4.56. The highest BCUT2D eigenvalue weighted by Crippen LogP contribution is 2.29. The minimum absolute atomic E-state index is 0.222. The molecule has 0 spiro atoms. The summed E-state index contributed by atoms with van der Waals surface area (Å²) in [6.07, 6.45) is 9.45. The van der Waals surface area contributed by atoms with Gasteiger partial charge in [0.15, 0.2) is 0 Å². The standard InChI is InChI=1S/C13H22N2O/c1-2-14-13-6-4-3-5-11-9-15(7-8-16)10-12(11)13/h9-10,13-14,16H,2-8H2,1H3. The van der Waals surface area contributed by atoms with Gasteiger partial charge in [0.05, 0.1) is 6.61 Å². The molecular formula is C13H22N2O. The Kier molecular flexibility index (Phi) is 4.02. The number of fused-ring (bicyclic) bond motifs is 1. The van der Waals surface area contributed by atoms with Gasteiger partial charge in [-0.05, 0) is 36.9 Å². The highest BCUT2D eigenvalue weighted by Gasteiger charge is 2.19. The maximum atomic E-state index is 8.97. The molecule has 3 nitrogen and oxygen atoms in total. The summed E-state index contributed by atoms with van der Waals surface area (Å²) in [4.78, 5) is 0. The quantitative estimate of drug-likeness (QED) is 0.763. The molecule has 2 rings (SSSR count). The van der Waals surface area contributed by atoms with Gasteiger partial charge in [-0.3, -0.25) is 0 Å². The van der Waals surface area contributed by atoms with Crippen molar-refractivity contribution in [1.82, 2.24) is 9.88 Å². The van der Waals surface area contributed by atoms with Crippen LogP contribution in [0.3, 0.4) is 0 Å². The summed E-state index contributed by atoms with van der Waals surface area (Å²) in [5.41, 5.74) is 2.92. The zero-order chi connectivity index (χ0) is 11.4. The van der Waals surface area contributed by atoms with E-state index in [-0.39, 0.29) is 6.61 Å². The largest absolute Gasteiger partial charge is 0.395 e. The van der Waals surface area contributed by atoms with Crippen LogP contribution in [0.2, 0.25) is 0 Å². The molecule has 0 saturated carbocycles. The Hall–Kier alpha value is -0.800. The molecule has 16 heavy (non-hydrogen) atoms. The normalized spacial score (nSPS) is 20.5. The van der Waals surface area contributed by atoms with Gasteiger partial charge in [0.1, 0.15) is 0 Å². The van der Waals surface area contributed by atoms with Crippen LogP contribution >= 0.6 is 0 Å². The Bertz CT molecular complexity index is 333. The van der Waals surface area contributed by atoms with Crippen LogP contribution < -0.4 is 5.32 Å². The third-order valence-electron chi connectivity index (χ3n) is 3.37. The molecule has 90 valence electrons. The number of hydrogen-bond donors (Lipinski definition) is 2. The van der Waals surface area contributed by atoms with Crippen LogP contribution in [0.4, 0.5) is 0 Å². The fourth-order valence-electron chi connectivity index (χ4n) is 2.62. The molecule has 0 saturated heterocycles. The number of aryl methyl sites for hydroxylation is 1. The highest BCUT2D eigenvalue weighted by molar-refractivity contribution is 5.29. The summed E-state index contributed by atoms with van der Waals surface area (Å²) in [6.45, 7) is 4.12. The summed E-state index contributed by atoms with van der Waals surface area (Å²) >= 11 is 0. The summed E-state index contributed by atoms with van der Waals surface area (Å²) < 4.78 is 2.13. The first-order valence-corrected chi connectivity index (χ1v) is 6.38. The van der Waals surface area contributed by atoms with Gasteiger partial charge in [0.25, 0.3) is 0 Å². The predicted molar refractivity (Wildman–Crippen MR) is 65.5 cm³/mol. The maximum absolute atomic E-state index is 8.97. The van der Waals surface area contributed by atoms with Gasteiger partial charge in [-0.25, -0.2) is 0 Å². The molecule has 0 bridgehead atoms. The maximum Gasteiger partial charge on any atom is 0.0610 e. The fraction of sp³-hybridized carbons (Fsp3) is 0.692. The SMILES string of the molecule is CCNC1CCCCc2cn(CCO)cc21. The van der Waals surface area contributed by atoms with Crippen LogP contribution in [0.15, 0.2) is 12.4 Å². The number of nitrogens with one attached hydrogen (secondary N) is 1. The van der Waals surface area contributed by atoms with Gasteiger partial charge in [-0.2, -0.15) is 0 Å². The lowest BCUT2D eigenvalue weighted by molar-refractivity contribution is 0.276. The Balaban J connectivity index is 2.21. The van der Waals surface area contributed by atoms with Gasteiger partial charge in [-0.1, -0.05) is 13.3 Å². The predicted octanol–water partition coefficient (Wildman–Crippen LogP) is 1.86. The van der Waals surface area contributed by atoms with Crippen molar-refractivity contribution in [1.29, 1.82) is 0 Å². The number of aromatic nitrogens is 1. The molecule has 0 amide bonds. The molecule has 1 heterocycles. The number of rotatable bonds is 4. The van der Waals surface area contributed by atoms with Crippen molar-refractivity contribution < 1.29 is 5.11 Å². The van der Waals surface area contributed by atoms with E-state index in [1.54, 1.807) is 0 Å². The van der Waals surface area contributed by atoms with Gasteiger partial charge in [0, 0.05) is 25.0 Å². The Morgan fingerprint density at radius 1 is 1.44 bits per heavy atom. The lowest BCUT2D eigenvalue weighted by Crippen LogP contribution is -2.20. The lowest BCUT2D eigenvalue weighted by atomic mass is 10.0. The number of aliphatic hydroxyl groups excluding tert-OH is 1. The van der Waals surface area contributed by atoms with Crippen LogP contribution in [-0.4, -0.2) is 22.8 Å². The number of aliphatic hydroxyl groups is 1. The van der Waals surface area contributed by atoms with E-state index in [1.807, 2.05) is 0 Å². The van der Waals surface area contributed by atoms with E-state index in [0.29, 0.717) is 12.6 Å². The molecule has 0 aromatic carbocycles. The van der Waals surface area contributed by atoms with Crippen molar-refractivity contribution in [2.75, 3.05) is 13.2 Å². The molecule has 1 aromatic heterocycles. The fourth-order valence-corrected chi connectivity index (χ4v) is 2.62. The first kappa shape index (κ1) is 11.7. The van der Waals surface area contributed by atoms with E-state index in [4.69, 9.17) is 5.11 Å². The van der Waals surface area contributed by atoms with Crippen LogP contribution in [-0.2, 0) is 13.0 Å². The van der Waals surface area contributed by atoms with Gasteiger partial charge in [0.2, 0.25) is 0 Å². The van der Waals surface area contributed by atoms with Crippen LogP contribution in [0.1, 0.15) is 43.4 Å². The molecule has 1 aliphatic rings. The Morgan fingerprint density at radius 2 is 2.31 bits per heavy atom. The first-order chi connectivity index (χ1) is 7.85. The monoisotopic (exact) mass is 222 g/mol. The van der Waals surface area contributed by atoms with Crippen LogP contribution in [0.5, 0.6) is 0 Å². The molecule has 1 aromatic rings. The Morgan fingerprint density at radius 3 is 3.06 bits per heavy atom. The highest BCUT2D eigenvalue weighted by atomic mass is 16.3. The number of hydrogen-bond acceptors (Lipinski definition) is 2. The number of nitrogens with zero attached hydrogens (tertiary/aromatic N) is 1. The zero-order valence-electron chi connectivity index (χ0n) is 10.1.